The number of tetrazole rings is 1. The highest BCUT2D eigenvalue weighted by molar-refractivity contribution is 6.02. The monoisotopic (exact) mass is 293 g/mol. The molecule has 1 aromatic heterocycles. The van der Waals surface area contributed by atoms with Crippen LogP contribution < -0.4 is 0 Å². The molecule has 3 aromatic rings. The fraction of sp³-hybridized carbons (Fsp3) is 0.125. The van der Waals surface area contributed by atoms with Gasteiger partial charge in [0.1, 0.15) is 5.82 Å². The highest BCUT2D eigenvalue weighted by Crippen LogP contribution is 2.31. The lowest BCUT2D eigenvalue weighted by molar-refractivity contribution is 0.513. The predicted molar refractivity (Wildman–Crippen MR) is 79.6 cm³/mol. The molecule has 0 fully saturated rings. The van der Waals surface area contributed by atoms with Crippen LogP contribution in [0.5, 0.6) is 0 Å². The van der Waals surface area contributed by atoms with Gasteiger partial charge in [0.15, 0.2) is 0 Å². The maximum absolute atomic E-state index is 13.2. The van der Waals surface area contributed by atoms with Crippen LogP contribution in [0.4, 0.5) is 10.3 Å². The topological polar surface area (TPSA) is 56.0 Å². The van der Waals surface area contributed by atoms with Crippen LogP contribution in [0.3, 0.4) is 0 Å². The zero-order valence-electron chi connectivity index (χ0n) is 11.6. The van der Waals surface area contributed by atoms with Gasteiger partial charge in [-0.1, -0.05) is 47.6 Å². The molecule has 5 nitrogen and oxygen atoms in total. The van der Waals surface area contributed by atoms with Crippen molar-refractivity contribution < 1.29 is 4.39 Å². The molecule has 4 rings (SSSR count). The Balaban J connectivity index is 1.79. The van der Waals surface area contributed by atoms with E-state index < -0.39 is 0 Å². The molecule has 6 heteroatoms. The van der Waals surface area contributed by atoms with Crippen LogP contribution in [0.15, 0.2) is 59.6 Å². The SMILES string of the molecule is Fc1ccc(C2CC(c3ccccc3)=Nc3nnnn32)cc1. The standard InChI is InChI=1S/C16H12FN5/c17-13-8-6-12(7-9-13)15-10-14(11-4-2-1-3-5-11)18-16-19-20-21-22(15)16/h1-9,15H,10H2. The van der Waals surface area contributed by atoms with Crippen molar-refractivity contribution in [3.05, 3.63) is 71.5 Å². The largest absolute Gasteiger partial charge is 0.269 e. The number of fused-ring (bicyclic) bond motifs is 1. The van der Waals surface area contributed by atoms with Crippen LogP contribution in [-0.4, -0.2) is 25.9 Å². The van der Waals surface area contributed by atoms with Crippen molar-refractivity contribution in [1.29, 1.82) is 0 Å². The van der Waals surface area contributed by atoms with Gasteiger partial charge in [-0.15, -0.1) is 0 Å². The van der Waals surface area contributed by atoms with Gasteiger partial charge in [0.05, 0.1) is 11.8 Å². The molecule has 22 heavy (non-hydrogen) atoms. The predicted octanol–water partition coefficient (Wildman–Crippen LogP) is 2.93. The van der Waals surface area contributed by atoms with Crippen LogP contribution in [0, 0.1) is 5.82 Å². The normalized spacial score (nSPS) is 17.0. The first-order chi connectivity index (χ1) is 10.8. The molecule has 0 bridgehead atoms. The van der Waals surface area contributed by atoms with Crippen LogP contribution in [0.25, 0.3) is 0 Å². The Bertz CT molecular complexity index is 823. The number of halogens is 1. The molecule has 1 aliphatic heterocycles. The highest BCUT2D eigenvalue weighted by atomic mass is 19.1. The summed E-state index contributed by atoms with van der Waals surface area (Å²) in [4.78, 5) is 4.54. The van der Waals surface area contributed by atoms with Crippen molar-refractivity contribution in [2.75, 3.05) is 0 Å². The fourth-order valence-electron chi connectivity index (χ4n) is 2.66. The number of aromatic nitrogens is 4. The Morgan fingerprint density at radius 2 is 1.77 bits per heavy atom. The molecular weight excluding hydrogens is 281 g/mol. The minimum Gasteiger partial charge on any atom is -0.214 e. The number of rotatable bonds is 2. The Morgan fingerprint density at radius 3 is 2.55 bits per heavy atom. The van der Waals surface area contributed by atoms with E-state index in [9.17, 15) is 4.39 Å². The summed E-state index contributed by atoms with van der Waals surface area (Å²) in [5, 5.41) is 11.7. The first-order valence-electron chi connectivity index (χ1n) is 6.97. The minimum atomic E-state index is -0.256. The van der Waals surface area contributed by atoms with Crippen molar-refractivity contribution in [3.8, 4) is 0 Å². The van der Waals surface area contributed by atoms with E-state index in [1.54, 1.807) is 16.8 Å². The van der Waals surface area contributed by atoms with E-state index in [0.29, 0.717) is 12.4 Å². The van der Waals surface area contributed by atoms with E-state index in [1.165, 1.54) is 12.1 Å². The van der Waals surface area contributed by atoms with Crippen molar-refractivity contribution in [3.63, 3.8) is 0 Å². The van der Waals surface area contributed by atoms with E-state index in [4.69, 9.17) is 0 Å². The summed E-state index contributed by atoms with van der Waals surface area (Å²) in [7, 11) is 0. The van der Waals surface area contributed by atoms with Crippen LogP contribution in [0.1, 0.15) is 23.6 Å². The average molecular weight is 293 g/mol. The Morgan fingerprint density at radius 1 is 1.00 bits per heavy atom. The van der Waals surface area contributed by atoms with Gasteiger partial charge in [0.2, 0.25) is 0 Å². The second-order valence-corrected chi connectivity index (χ2v) is 5.12. The number of hydrogen-bond acceptors (Lipinski definition) is 4. The molecule has 0 aliphatic carbocycles. The van der Waals surface area contributed by atoms with Gasteiger partial charge in [-0.25, -0.2) is 14.1 Å². The molecule has 0 spiro atoms. The summed E-state index contributed by atoms with van der Waals surface area (Å²) in [6.45, 7) is 0. The van der Waals surface area contributed by atoms with Crippen molar-refractivity contribution in [2.24, 2.45) is 4.99 Å². The van der Waals surface area contributed by atoms with Gasteiger partial charge < -0.3 is 0 Å². The summed E-state index contributed by atoms with van der Waals surface area (Å²) in [6, 6.07) is 16.3. The van der Waals surface area contributed by atoms with E-state index in [-0.39, 0.29) is 11.9 Å². The molecule has 0 amide bonds. The molecule has 0 saturated carbocycles. The van der Waals surface area contributed by atoms with Crippen molar-refractivity contribution in [1.82, 2.24) is 20.2 Å². The smallest absolute Gasteiger partial charge is 0.214 e. The first-order valence-corrected chi connectivity index (χ1v) is 6.97. The van der Waals surface area contributed by atoms with Crippen molar-refractivity contribution in [2.45, 2.75) is 12.5 Å². The Labute approximate surface area is 126 Å². The maximum Gasteiger partial charge on any atom is 0.269 e. The molecular formula is C16H12FN5. The maximum atomic E-state index is 13.2. The lowest BCUT2D eigenvalue weighted by Gasteiger charge is -2.22. The zero-order valence-corrected chi connectivity index (χ0v) is 11.6. The summed E-state index contributed by atoms with van der Waals surface area (Å²) in [5.41, 5.74) is 2.93. The van der Waals surface area contributed by atoms with Gasteiger partial charge in [-0.3, -0.25) is 0 Å². The number of benzene rings is 2. The minimum absolute atomic E-state index is 0.0849. The van der Waals surface area contributed by atoms with Gasteiger partial charge in [-0.2, -0.15) is 0 Å². The molecule has 2 heterocycles. The third kappa shape index (κ3) is 2.18. The second kappa shape index (κ2) is 5.14. The molecule has 0 radical (unpaired) electrons. The highest BCUT2D eigenvalue weighted by Gasteiger charge is 2.26. The molecule has 1 unspecified atom stereocenters. The third-order valence-corrected chi connectivity index (χ3v) is 3.75. The van der Waals surface area contributed by atoms with Crippen LogP contribution in [-0.2, 0) is 0 Å². The molecule has 2 aromatic carbocycles. The molecule has 0 N–H and O–H groups in total. The third-order valence-electron chi connectivity index (χ3n) is 3.75. The van der Waals surface area contributed by atoms with E-state index >= 15 is 0 Å². The van der Waals surface area contributed by atoms with Crippen LogP contribution >= 0.6 is 0 Å². The van der Waals surface area contributed by atoms with Gasteiger partial charge in [0, 0.05) is 6.42 Å². The average Bonchev–Trinajstić information content (AvgIpc) is 3.04. The number of nitrogens with zero attached hydrogens (tertiary/aromatic N) is 5. The summed E-state index contributed by atoms with van der Waals surface area (Å²) in [6.07, 6.45) is 0.660. The summed E-state index contributed by atoms with van der Waals surface area (Å²) in [5.74, 6) is 0.216. The lowest BCUT2D eigenvalue weighted by atomic mass is 9.96. The van der Waals surface area contributed by atoms with E-state index in [1.807, 2.05) is 30.3 Å². The quantitative estimate of drug-likeness (QED) is 0.730. The van der Waals surface area contributed by atoms with Gasteiger partial charge in [-0.05, 0) is 33.7 Å². The molecule has 1 aliphatic rings. The fourth-order valence-corrected chi connectivity index (χ4v) is 2.66. The van der Waals surface area contributed by atoms with Crippen molar-refractivity contribution >= 4 is 11.7 Å². The summed E-state index contributed by atoms with van der Waals surface area (Å²) < 4.78 is 14.8. The first kappa shape index (κ1) is 12.8. The van der Waals surface area contributed by atoms with Crippen LogP contribution in [0.2, 0.25) is 0 Å². The molecule has 0 saturated heterocycles. The molecule has 1 atom stereocenters. The van der Waals surface area contributed by atoms with E-state index in [2.05, 4.69) is 20.5 Å². The van der Waals surface area contributed by atoms with Gasteiger partial charge >= 0.3 is 0 Å². The number of aliphatic imine (C=N–C) groups is 1. The Hall–Kier alpha value is -2.89. The second-order valence-electron chi connectivity index (χ2n) is 5.12. The summed E-state index contributed by atoms with van der Waals surface area (Å²) >= 11 is 0. The lowest BCUT2D eigenvalue weighted by Crippen LogP contribution is -2.21. The van der Waals surface area contributed by atoms with E-state index in [0.717, 1.165) is 16.8 Å². The Kier molecular flexibility index (Phi) is 3.00. The number of hydrogen-bond donors (Lipinski definition) is 0. The van der Waals surface area contributed by atoms with Gasteiger partial charge in [0.25, 0.3) is 5.95 Å². The zero-order chi connectivity index (χ0) is 14.9. The molecule has 108 valence electrons.